The Hall–Kier alpha value is -1.42. The summed E-state index contributed by atoms with van der Waals surface area (Å²) in [5.74, 6) is 1.15. The maximum Gasteiger partial charge on any atom is 0.156 e. The number of alkyl halides is 1. The lowest BCUT2D eigenvalue weighted by atomic mass is 10.4. The molecule has 5 heteroatoms. The lowest BCUT2D eigenvalue weighted by molar-refractivity contribution is 1.13. The van der Waals surface area contributed by atoms with Gasteiger partial charge in [0.25, 0.3) is 0 Å². The van der Waals surface area contributed by atoms with E-state index in [1.807, 2.05) is 0 Å². The van der Waals surface area contributed by atoms with Gasteiger partial charge in [0.2, 0.25) is 0 Å². The average molecular weight is 195 g/mol. The monoisotopic (exact) mass is 194 g/mol. The van der Waals surface area contributed by atoms with Gasteiger partial charge in [0, 0.05) is 18.1 Å². The number of aromatic amines is 1. The highest BCUT2D eigenvalue weighted by Crippen LogP contribution is 2.11. The zero-order valence-electron chi connectivity index (χ0n) is 6.74. The molecule has 2 rings (SSSR count). The molecule has 4 nitrogen and oxygen atoms in total. The second kappa shape index (κ2) is 3.53. The van der Waals surface area contributed by atoms with Crippen molar-refractivity contribution >= 4 is 11.6 Å². The van der Waals surface area contributed by atoms with E-state index in [2.05, 4.69) is 19.9 Å². The Morgan fingerprint density at radius 1 is 1.38 bits per heavy atom. The highest BCUT2D eigenvalue weighted by Gasteiger charge is 2.02. The van der Waals surface area contributed by atoms with Gasteiger partial charge >= 0.3 is 0 Å². The Bertz CT molecular complexity index is 384. The fourth-order valence-electron chi connectivity index (χ4n) is 0.988. The van der Waals surface area contributed by atoms with Crippen molar-refractivity contribution in [3.8, 4) is 11.5 Å². The number of nitrogens with zero attached hydrogens (tertiary/aromatic N) is 3. The van der Waals surface area contributed by atoms with Crippen LogP contribution in [-0.2, 0) is 5.88 Å². The minimum Gasteiger partial charge on any atom is -0.340 e. The molecule has 0 aromatic carbocycles. The summed E-state index contributed by atoms with van der Waals surface area (Å²) >= 11 is 5.62. The van der Waals surface area contributed by atoms with E-state index in [0.29, 0.717) is 5.88 Å². The molecule has 0 aliphatic heterocycles. The number of hydrogen-bond donors (Lipinski definition) is 1. The number of halogens is 1. The summed E-state index contributed by atoms with van der Waals surface area (Å²) in [6.07, 6.45) is 4.86. The van der Waals surface area contributed by atoms with Crippen LogP contribution < -0.4 is 0 Å². The van der Waals surface area contributed by atoms with Crippen molar-refractivity contribution in [3.05, 3.63) is 30.5 Å². The standard InChI is InChI=1S/C8H7ClN4/c9-3-6-4-11-8(13-6)7-1-2-10-5-12-7/h1-2,4-5H,3H2,(H,11,13). The quantitative estimate of drug-likeness (QED) is 0.739. The van der Waals surface area contributed by atoms with Gasteiger partial charge in [0.15, 0.2) is 5.82 Å². The summed E-state index contributed by atoms with van der Waals surface area (Å²) in [6, 6.07) is 1.79. The van der Waals surface area contributed by atoms with Gasteiger partial charge in [-0.25, -0.2) is 15.0 Å². The first kappa shape index (κ1) is 8.19. The minimum atomic E-state index is 0.429. The van der Waals surface area contributed by atoms with Crippen LogP contribution in [0.2, 0.25) is 0 Å². The van der Waals surface area contributed by atoms with Gasteiger partial charge in [-0.05, 0) is 6.07 Å². The number of aromatic nitrogens is 4. The number of hydrogen-bond acceptors (Lipinski definition) is 3. The fourth-order valence-corrected chi connectivity index (χ4v) is 1.12. The van der Waals surface area contributed by atoms with E-state index in [0.717, 1.165) is 17.2 Å². The number of imidazole rings is 1. The molecule has 0 atom stereocenters. The van der Waals surface area contributed by atoms with Gasteiger partial charge in [-0.1, -0.05) is 0 Å². The molecule has 2 aromatic rings. The summed E-state index contributed by atoms with van der Waals surface area (Å²) < 4.78 is 0. The van der Waals surface area contributed by atoms with E-state index < -0.39 is 0 Å². The average Bonchev–Trinajstić information content (AvgIpc) is 2.67. The van der Waals surface area contributed by atoms with Crippen molar-refractivity contribution in [2.45, 2.75) is 5.88 Å². The molecule has 0 saturated heterocycles. The SMILES string of the molecule is ClCc1cnc(-c2ccncn2)[nH]1. The molecule has 66 valence electrons. The maximum absolute atomic E-state index is 5.62. The van der Waals surface area contributed by atoms with Crippen LogP contribution in [0.5, 0.6) is 0 Å². The molecule has 0 bridgehead atoms. The number of nitrogens with one attached hydrogen (secondary N) is 1. The topological polar surface area (TPSA) is 54.5 Å². The second-order valence-corrected chi connectivity index (χ2v) is 2.75. The van der Waals surface area contributed by atoms with Crippen LogP contribution in [0.15, 0.2) is 24.8 Å². The van der Waals surface area contributed by atoms with E-state index in [-0.39, 0.29) is 0 Å². The van der Waals surface area contributed by atoms with Gasteiger partial charge in [-0.3, -0.25) is 0 Å². The minimum absolute atomic E-state index is 0.429. The fraction of sp³-hybridized carbons (Fsp3) is 0.125. The number of H-pyrrole nitrogens is 1. The molecule has 0 saturated carbocycles. The predicted octanol–water partition coefficient (Wildman–Crippen LogP) is 1.61. The third-order valence-electron chi connectivity index (χ3n) is 1.60. The van der Waals surface area contributed by atoms with E-state index in [1.54, 1.807) is 18.5 Å². The van der Waals surface area contributed by atoms with Gasteiger partial charge in [0.05, 0.1) is 5.88 Å². The lowest BCUT2D eigenvalue weighted by Gasteiger charge is -1.92. The highest BCUT2D eigenvalue weighted by atomic mass is 35.5. The lowest BCUT2D eigenvalue weighted by Crippen LogP contribution is -1.85. The Morgan fingerprint density at radius 2 is 2.31 bits per heavy atom. The van der Waals surface area contributed by atoms with E-state index in [1.165, 1.54) is 6.33 Å². The van der Waals surface area contributed by atoms with Crippen molar-refractivity contribution < 1.29 is 0 Å². The van der Waals surface area contributed by atoms with Crippen LogP contribution in [-0.4, -0.2) is 19.9 Å². The van der Waals surface area contributed by atoms with Crippen molar-refractivity contribution in [1.29, 1.82) is 0 Å². The van der Waals surface area contributed by atoms with Crippen LogP contribution >= 0.6 is 11.6 Å². The summed E-state index contributed by atoms with van der Waals surface area (Å²) in [6.45, 7) is 0. The molecule has 2 heterocycles. The number of rotatable bonds is 2. The molecule has 0 fully saturated rings. The molecule has 0 radical (unpaired) electrons. The summed E-state index contributed by atoms with van der Waals surface area (Å²) in [5, 5.41) is 0. The van der Waals surface area contributed by atoms with Crippen LogP contribution in [0.3, 0.4) is 0 Å². The molecule has 2 aromatic heterocycles. The molecular formula is C8H7ClN4. The Balaban J connectivity index is 2.36. The van der Waals surface area contributed by atoms with Crippen molar-refractivity contribution in [2.75, 3.05) is 0 Å². The van der Waals surface area contributed by atoms with Crippen LogP contribution in [0.25, 0.3) is 11.5 Å². The van der Waals surface area contributed by atoms with Crippen molar-refractivity contribution in [1.82, 2.24) is 19.9 Å². The Labute approximate surface area is 80.0 Å². The van der Waals surface area contributed by atoms with Gasteiger partial charge in [0.1, 0.15) is 12.0 Å². The van der Waals surface area contributed by atoms with Gasteiger partial charge in [-0.15, -0.1) is 11.6 Å². The summed E-state index contributed by atoms with van der Waals surface area (Å²) in [5.41, 5.74) is 1.65. The largest absolute Gasteiger partial charge is 0.340 e. The first-order valence-electron chi connectivity index (χ1n) is 3.76. The Morgan fingerprint density at radius 3 is 2.92 bits per heavy atom. The first-order chi connectivity index (χ1) is 6.40. The predicted molar refractivity (Wildman–Crippen MR) is 49.2 cm³/mol. The van der Waals surface area contributed by atoms with E-state index in [9.17, 15) is 0 Å². The van der Waals surface area contributed by atoms with Gasteiger partial charge in [-0.2, -0.15) is 0 Å². The molecule has 0 aliphatic carbocycles. The van der Waals surface area contributed by atoms with Crippen molar-refractivity contribution in [2.24, 2.45) is 0 Å². The smallest absolute Gasteiger partial charge is 0.156 e. The zero-order valence-corrected chi connectivity index (χ0v) is 7.49. The maximum atomic E-state index is 5.62. The highest BCUT2D eigenvalue weighted by molar-refractivity contribution is 6.16. The summed E-state index contributed by atoms with van der Waals surface area (Å²) in [7, 11) is 0. The molecule has 0 amide bonds. The third-order valence-corrected chi connectivity index (χ3v) is 1.88. The second-order valence-electron chi connectivity index (χ2n) is 2.49. The molecule has 1 N–H and O–H groups in total. The van der Waals surface area contributed by atoms with Crippen molar-refractivity contribution in [3.63, 3.8) is 0 Å². The van der Waals surface area contributed by atoms with E-state index >= 15 is 0 Å². The first-order valence-corrected chi connectivity index (χ1v) is 4.30. The Kier molecular flexibility index (Phi) is 2.23. The normalized spacial score (nSPS) is 10.2. The van der Waals surface area contributed by atoms with Gasteiger partial charge < -0.3 is 4.98 Å². The molecular weight excluding hydrogens is 188 g/mol. The molecule has 0 unspecified atom stereocenters. The summed E-state index contributed by atoms with van der Waals surface area (Å²) in [4.78, 5) is 15.0. The van der Waals surface area contributed by atoms with Crippen LogP contribution in [0, 0.1) is 0 Å². The van der Waals surface area contributed by atoms with E-state index in [4.69, 9.17) is 11.6 Å². The molecule has 0 spiro atoms. The molecule has 13 heavy (non-hydrogen) atoms. The third kappa shape index (κ3) is 1.67. The van der Waals surface area contributed by atoms with Crippen LogP contribution in [0.1, 0.15) is 5.69 Å². The zero-order chi connectivity index (χ0) is 9.10. The van der Waals surface area contributed by atoms with Crippen LogP contribution in [0.4, 0.5) is 0 Å². The molecule has 0 aliphatic rings.